The molecule has 7 nitrogen and oxygen atoms in total. The van der Waals surface area contributed by atoms with Gasteiger partial charge in [0.1, 0.15) is 0 Å². The van der Waals surface area contributed by atoms with Crippen LogP contribution in [0.4, 0.5) is 36.2 Å². The first-order valence-corrected chi connectivity index (χ1v) is 12.4. The van der Waals surface area contributed by atoms with Crippen LogP contribution in [0.3, 0.4) is 0 Å². The van der Waals surface area contributed by atoms with Crippen LogP contribution in [0.15, 0.2) is 42.6 Å². The second-order valence-electron chi connectivity index (χ2n) is 9.50. The number of hydrogen-bond donors (Lipinski definition) is 2. The van der Waals surface area contributed by atoms with Crippen molar-refractivity contribution in [2.45, 2.75) is 38.9 Å². The highest BCUT2D eigenvalue weighted by atomic mass is 19.4. The highest BCUT2D eigenvalue weighted by Crippen LogP contribution is 2.35. The smallest absolute Gasteiger partial charge is 0.372 e. The Morgan fingerprint density at radius 3 is 2.54 bits per heavy atom. The van der Waals surface area contributed by atoms with Gasteiger partial charge in [-0.3, -0.25) is 4.79 Å². The predicted molar refractivity (Wildman–Crippen MR) is 138 cm³/mol. The van der Waals surface area contributed by atoms with E-state index in [2.05, 4.69) is 25.5 Å². The number of benzene rings is 2. The fraction of sp³-hybridized carbons (Fsp3) is 0.370. The highest BCUT2D eigenvalue weighted by molar-refractivity contribution is 6.05. The number of amides is 1. The minimum absolute atomic E-state index is 0.0109. The molecule has 5 rings (SSSR count). The Hall–Kier alpha value is -3.82. The second-order valence-corrected chi connectivity index (χ2v) is 9.50. The summed E-state index contributed by atoms with van der Waals surface area (Å²) in [6.07, 6.45) is -0.107. The van der Waals surface area contributed by atoms with Crippen LogP contribution in [-0.2, 0) is 19.1 Å². The number of hydrogen-bond acceptors (Lipinski definition) is 6. The summed E-state index contributed by atoms with van der Waals surface area (Å²) in [6, 6.07) is 9.14. The van der Waals surface area contributed by atoms with Gasteiger partial charge in [-0.2, -0.15) is 13.2 Å². The molecule has 0 saturated carbocycles. The third-order valence-corrected chi connectivity index (χ3v) is 6.94. The molecule has 0 spiro atoms. The molecule has 10 heteroatoms. The van der Waals surface area contributed by atoms with E-state index in [1.807, 2.05) is 30.2 Å². The summed E-state index contributed by atoms with van der Waals surface area (Å²) in [5.74, 6) is 0.0221. The summed E-state index contributed by atoms with van der Waals surface area (Å²) < 4.78 is 40.8. The minimum Gasteiger partial charge on any atom is -0.372 e. The van der Waals surface area contributed by atoms with Crippen molar-refractivity contribution in [3.63, 3.8) is 0 Å². The van der Waals surface area contributed by atoms with Crippen molar-refractivity contribution in [1.29, 1.82) is 0 Å². The van der Waals surface area contributed by atoms with E-state index in [0.717, 1.165) is 60.4 Å². The van der Waals surface area contributed by atoms with E-state index >= 15 is 0 Å². The van der Waals surface area contributed by atoms with Crippen LogP contribution in [0.5, 0.6) is 0 Å². The van der Waals surface area contributed by atoms with Crippen LogP contribution in [0.2, 0.25) is 0 Å². The molecule has 0 radical (unpaired) electrons. The van der Waals surface area contributed by atoms with Gasteiger partial charge in [0.25, 0.3) is 5.91 Å². The van der Waals surface area contributed by atoms with Gasteiger partial charge in [0.15, 0.2) is 0 Å². The number of nitrogens with one attached hydrogen (secondary N) is 2. The average molecular weight is 511 g/mol. The molecule has 1 amide bonds. The zero-order chi connectivity index (χ0) is 26.2. The molecule has 0 aliphatic carbocycles. The Morgan fingerprint density at radius 1 is 1.03 bits per heavy atom. The van der Waals surface area contributed by atoms with Gasteiger partial charge in [-0.25, -0.2) is 9.97 Å². The molecule has 2 aliphatic rings. The molecule has 0 atom stereocenters. The number of carbonyl (C=O) groups is 1. The monoisotopic (exact) mass is 510 g/mol. The fourth-order valence-corrected chi connectivity index (χ4v) is 4.94. The maximum absolute atomic E-state index is 13.6. The van der Waals surface area contributed by atoms with Gasteiger partial charge in [0.2, 0.25) is 5.95 Å². The summed E-state index contributed by atoms with van der Waals surface area (Å²) in [7, 11) is 1.78. The molecule has 37 heavy (non-hydrogen) atoms. The molecular weight excluding hydrogens is 481 g/mol. The third kappa shape index (κ3) is 5.33. The van der Waals surface area contributed by atoms with E-state index in [1.165, 1.54) is 0 Å². The number of nitrogens with zero attached hydrogens (tertiary/aromatic N) is 4. The second kappa shape index (κ2) is 9.91. The summed E-state index contributed by atoms with van der Waals surface area (Å²) >= 11 is 0. The van der Waals surface area contributed by atoms with Crippen LogP contribution in [0.1, 0.15) is 45.6 Å². The molecule has 3 heterocycles. The van der Waals surface area contributed by atoms with Crippen LogP contribution < -0.4 is 20.4 Å². The molecule has 0 unspecified atom stereocenters. The van der Waals surface area contributed by atoms with E-state index in [9.17, 15) is 18.0 Å². The molecular formula is C27H29F3N6O. The van der Waals surface area contributed by atoms with Gasteiger partial charge >= 0.3 is 6.18 Å². The highest BCUT2D eigenvalue weighted by Gasteiger charge is 2.32. The number of alkyl halides is 3. The molecule has 3 aromatic rings. The number of aryl methyl sites for hydroxylation is 1. The van der Waals surface area contributed by atoms with Gasteiger partial charge in [0.05, 0.1) is 11.3 Å². The Balaban J connectivity index is 1.38. The SMILES string of the molecule is CNc1ncc2c(n1)CCN(c1cc(NC(=O)c3cc(N4CCCC4)cc(C(F)(F)F)c3)ccc1C)C2. The normalized spacial score (nSPS) is 15.5. The molecule has 2 aromatic carbocycles. The van der Waals surface area contributed by atoms with Crippen molar-refractivity contribution in [1.82, 2.24) is 9.97 Å². The van der Waals surface area contributed by atoms with Gasteiger partial charge in [-0.1, -0.05) is 6.07 Å². The fourth-order valence-electron chi connectivity index (χ4n) is 4.94. The molecule has 1 aromatic heterocycles. The lowest BCUT2D eigenvalue weighted by Crippen LogP contribution is -2.32. The molecule has 0 bridgehead atoms. The topological polar surface area (TPSA) is 73.4 Å². The summed E-state index contributed by atoms with van der Waals surface area (Å²) in [6.45, 7) is 4.74. The van der Waals surface area contributed by atoms with Gasteiger partial charge in [-0.15, -0.1) is 0 Å². The Kier molecular flexibility index (Phi) is 6.66. The van der Waals surface area contributed by atoms with Crippen molar-refractivity contribution in [2.24, 2.45) is 0 Å². The van der Waals surface area contributed by atoms with E-state index in [-0.39, 0.29) is 5.56 Å². The van der Waals surface area contributed by atoms with Crippen LogP contribution >= 0.6 is 0 Å². The van der Waals surface area contributed by atoms with Crippen LogP contribution in [0, 0.1) is 6.92 Å². The lowest BCUT2D eigenvalue weighted by molar-refractivity contribution is -0.137. The lowest BCUT2D eigenvalue weighted by Gasteiger charge is -2.31. The van der Waals surface area contributed by atoms with Crippen molar-refractivity contribution >= 4 is 28.9 Å². The molecule has 2 N–H and O–H groups in total. The van der Waals surface area contributed by atoms with Crippen molar-refractivity contribution in [2.75, 3.05) is 47.1 Å². The Morgan fingerprint density at radius 2 is 1.81 bits per heavy atom. The first kappa shape index (κ1) is 24.9. The van der Waals surface area contributed by atoms with E-state index < -0.39 is 17.6 Å². The van der Waals surface area contributed by atoms with Crippen molar-refractivity contribution < 1.29 is 18.0 Å². The van der Waals surface area contributed by atoms with E-state index in [1.54, 1.807) is 19.2 Å². The van der Waals surface area contributed by atoms with Gasteiger partial charge in [0, 0.05) is 74.0 Å². The van der Waals surface area contributed by atoms with E-state index in [0.29, 0.717) is 37.0 Å². The maximum Gasteiger partial charge on any atom is 0.416 e. The van der Waals surface area contributed by atoms with E-state index in [4.69, 9.17) is 0 Å². The molecule has 2 aliphatic heterocycles. The van der Waals surface area contributed by atoms with Crippen LogP contribution in [-0.4, -0.2) is 42.6 Å². The van der Waals surface area contributed by atoms with Gasteiger partial charge in [-0.05, 0) is 55.7 Å². The minimum atomic E-state index is -4.54. The predicted octanol–water partition coefficient (Wildman–Crippen LogP) is 5.26. The van der Waals surface area contributed by atoms with Crippen molar-refractivity contribution in [3.05, 3.63) is 70.5 Å². The maximum atomic E-state index is 13.6. The number of anilines is 4. The molecule has 1 fully saturated rings. The lowest BCUT2D eigenvalue weighted by atomic mass is 10.0. The van der Waals surface area contributed by atoms with Crippen molar-refractivity contribution in [3.8, 4) is 0 Å². The first-order chi connectivity index (χ1) is 17.7. The number of halogens is 3. The zero-order valence-electron chi connectivity index (χ0n) is 20.8. The average Bonchev–Trinajstić information content (AvgIpc) is 3.43. The number of aromatic nitrogens is 2. The number of fused-ring (bicyclic) bond motifs is 1. The molecule has 1 saturated heterocycles. The number of carbonyl (C=O) groups excluding carboxylic acids is 1. The summed E-state index contributed by atoms with van der Waals surface area (Å²) in [4.78, 5) is 26.1. The summed E-state index contributed by atoms with van der Waals surface area (Å²) in [5.41, 5.74) is 4.16. The summed E-state index contributed by atoms with van der Waals surface area (Å²) in [5, 5.41) is 5.77. The molecule has 194 valence electrons. The zero-order valence-corrected chi connectivity index (χ0v) is 20.8. The van der Waals surface area contributed by atoms with Crippen LogP contribution in [0.25, 0.3) is 0 Å². The number of rotatable bonds is 5. The standard InChI is InChI=1S/C27H29F3N6O/c1-17-5-6-21(14-24(17)36-10-7-23-19(16-36)15-32-26(31-2)34-23)33-25(37)18-11-20(27(28,29)30)13-22(12-18)35-8-3-4-9-35/h5-6,11-15H,3-4,7-10,16H2,1-2H3,(H,33,37)(H,31,32,34). The first-order valence-electron chi connectivity index (χ1n) is 12.4. The largest absolute Gasteiger partial charge is 0.416 e. The quantitative estimate of drug-likeness (QED) is 0.488. The van der Waals surface area contributed by atoms with Gasteiger partial charge < -0.3 is 20.4 Å². The third-order valence-electron chi connectivity index (χ3n) is 6.94. The Bertz CT molecular complexity index is 1320. The Labute approximate surface area is 213 Å².